The van der Waals surface area contributed by atoms with E-state index in [2.05, 4.69) is 10.3 Å². The molecule has 1 N–H and O–H groups in total. The fourth-order valence-electron chi connectivity index (χ4n) is 3.43. The van der Waals surface area contributed by atoms with E-state index >= 15 is 0 Å². The van der Waals surface area contributed by atoms with E-state index in [1.807, 2.05) is 0 Å². The van der Waals surface area contributed by atoms with Crippen molar-refractivity contribution in [3.63, 3.8) is 0 Å². The molecule has 1 heterocycles. The largest absolute Gasteiger partial charge is 0.486 e. The Hall–Kier alpha value is -2.00. The fraction of sp³-hybridized carbons (Fsp3) is 0.524. The van der Waals surface area contributed by atoms with Gasteiger partial charge in [0.25, 0.3) is 0 Å². The van der Waals surface area contributed by atoms with Crippen LogP contribution in [-0.4, -0.2) is 31.1 Å². The topological polar surface area (TPSA) is 85.4 Å². The second-order valence-corrected chi connectivity index (χ2v) is 10.9. The van der Waals surface area contributed by atoms with Crippen molar-refractivity contribution in [1.82, 2.24) is 10.3 Å². The SMILES string of the molecule is CC(C(=O)NCC1CCCCC1)S(=O)(=O)Cc1csc(COc2ccc(F)cc2)n1. The smallest absolute Gasteiger partial charge is 0.238 e. The zero-order chi connectivity index (χ0) is 21.6. The summed E-state index contributed by atoms with van der Waals surface area (Å²) in [5.41, 5.74) is 0.393. The molecule has 1 atom stereocenters. The van der Waals surface area contributed by atoms with Gasteiger partial charge in [-0.25, -0.2) is 17.8 Å². The lowest BCUT2D eigenvalue weighted by Crippen LogP contribution is -2.40. The van der Waals surface area contributed by atoms with E-state index in [4.69, 9.17) is 4.74 Å². The zero-order valence-corrected chi connectivity index (χ0v) is 18.6. The van der Waals surface area contributed by atoms with Gasteiger partial charge in [-0.3, -0.25) is 4.79 Å². The fourth-order valence-corrected chi connectivity index (χ4v) is 5.46. The Morgan fingerprint density at radius 3 is 2.67 bits per heavy atom. The van der Waals surface area contributed by atoms with Crippen molar-refractivity contribution in [2.75, 3.05) is 6.54 Å². The van der Waals surface area contributed by atoms with E-state index < -0.39 is 21.0 Å². The van der Waals surface area contributed by atoms with Gasteiger partial charge in [0.2, 0.25) is 5.91 Å². The molecule has 30 heavy (non-hydrogen) atoms. The molecular formula is C21H27FN2O4S2. The number of carbonyl (C=O) groups excluding carboxylic acids is 1. The average molecular weight is 455 g/mol. The first-order valence-corrected chi connectivity index (χ1v) is 12.7. The lowest BCUT2D eigenvalue weighted by Gasteiger charge is -2.22. The van der Waals surface area contributed by atoms with Gasteiger partial charge in [-0.15, -0.1) is 11.3 Å². The van der Waals surface area contributed by atoms with Gasteiger partial charge in [0.05, 0.1) is 11.4 Å². The molecule has 3 rings (SSSR count). The number of amides is 1. The highest BCUT2D eigenvalue weighted by Gasteiger charge is 2.29. The van der Waals surface area contributed by atoms with Crippen LogP contribution in [-0.2, 0) is 27.0 Å². The molecule has 1 unspecified atom stereocenters. The lowest BCUT2D eigenvalue weighted by atomic mass is 9.89. The maximum Gasteiger partial charge on any atom is 0.238 e. The highest BCUT2D eigenvalue weighted by Crippen LogP contribution is 2.23. The lowest BCUT2D eigenvalue weighted by molar-refractivity contribution is -0.120. The van der Waals surface area contributed by atoms with Crippen molar-refractivity contribution >= 4 is 27.1 Å². The maximum absolute atomic E-state index is 12.9. The van der Waals surface area contributed by atoms with Crippen LogP contribution in [0.5, 0.6) is 5.75 Å². The molecule has 0 aliphatic heterocycles. The number of nitrogens with zero attached hydrogens (tertiary/aromatic N) is 1. The number of halogens is 1. The summed E-state index contributed by atoms with van der Waals surface area (Å²) >= 11 is 1.29. The molecule has 1 amide bonds. The summed E-state index contributed by atoms with van der Waals surface area (Å²) < 4.78 is 43.8. The first-order valence-electron chi connectivity index (χ1n) is 10.1. The second-order valence-electron chi connectivity index (χ2n) is 7.67. The van der Waals surface area contributed by atoms with Crippen molar-refractivity contribution in [3.05, 3.63) is 46.2 Å². The molecule has 6 nitrogen and oxygen atoms in total. The molecule has 1 aromatic heterocycles. The van der Waals surface area contributed by atoms with Gasteiger partial charge in [-0.05, 0) is 49.9 Å². The third kappa shape index (κ3) is 6.50. The van der Waals surface area contributed by atoms with Crippen LogP contribution in [0.1, 0.15) is 49.7 Å². The zero-order valence-electron chi connectivity index (χ0n) is 17.0. The Morgan fingerprint density at radius 2 is 1.97 bits per heavy atom. The van der Waals surface area contributed by atoms with Crippen LogP contribution in [0.3, 0.4) is 0 Å². The van der Waals surface area contributed by atoms with Gasteiger partial charge in [0.15, 0.2) is 9.84 Å². The van der Waals surface area contributed by atoms with Crippen molar-refractivity contribution in [3.8, 4) is 5.75 Å². The second kappa shape index (κ2) is 10.3. The Morgan fingerprint density at radius 1 is 1.27 bits per heavy atom. The summed E-state index contributed by atoms with van der Waals surface area (Å²) in [5.74, 6) is -0.140. The molecule has 2 aromatic rings. The summed E-state index contributed by atoms with van der Waals surface area (Å²) in [4.78, 5) is 16.7. The van der Waals surface area contributed by atoms with Crippen molar-refractivity contribution < 1.29 is 22.3 Å². The van der Waals surface area contributed by atoms with Crippen LogP contribution in [0.2, 0.25) is 0 Å². The van der Waals surface area contributed by atoms with Gasteiger partial charge in [-0.1, -0.05) is 19.3 Å². The monoisotopic (exact) mass is 454 g/mol. The number of rotatable bonds is 9. The first-order chi connectivity index (χ1) is 14.3. The number of hydrogen-bond donors (Lipinski definition) is 1. The molecule has 1 aliphatic carbocycles. The number of benzene rings is 1. The number of hydrogen-bond acceptors (Lipinski definition) is 6. The van der Waals surface area contributed by atoms with Crippen LogP contribution >= 0.6 is 11.3 Å². The highest BCUT2D eigenvalue weighted by molar-refractivity contribution is 7.92. The molecule has 1 aromatic carbocycles. The molecule has 0 bridgehead atoms. The summed E-state index contributed by atoms with van der Waals surface area (Å²) in [7, 11) is -3.67. The molecule has 164 valence electrons. The highest BCUT2D eigenvalue weighted by atomic mass is 32.2. The summed E-state index contributed by atoms with van der Waals surface area (Å²) in [6, 6.07) is 5.63. The molecule has 1 saturated carbocycles. The first kappa shape index (κ1) is 22.7. The number of carbonyl (C=O) groups is 1. The van der Waals surface area contributed by atoms with Gasteiger partial charge < -0.3 is 10.1 Å². The van der Waals surface area contributed by atoms with E-state index in [1.165, 1.54) is 61.8 Å². The standard InChI is InChI=1S/C21H27FN2O4S2/c1-15(21(25)23-11-16-5-3-2-4-6-16)30(26,27)14-18-13-29-20(24-18)12-28-19-9-7-17(22)8-10-19/h7-10,13,15-16H,2-6,11-12,14H2,1H3,(H,23,25). The number of aromatic nitrogens is 1. The summed E-state index contributed by atoms with van der Waals surface area (Å²) in [6.45, 7) is 2.13. The van der Waals surface area contributed by atoms with Crippen molar-refractivity contribution in [2.24, 2.45) is 5.92 Å². The predicted octanol–water partition coefficient (Wildman–Crippen LogP) is 3.86. The quantitative estimate of drug-likeness (QED) is 0.622. The number of sulfone groups is 1. The molecule has 1 fully saturated rings. The molecule has 0 saturated heterocycles. The molecule has 9 heteroatoms. The van der Waals surface area contributed by atoms with E-state index in [0.717, 1.165) is 12.8 Å². The van der Waals surface area contributed by atoms with E-state index in [0.29, 0.717) is 28.9 Å². The molecule has 0 radical (unpaired) electrons. The maximum atomic E-state index is 12.9. The third-order valence-corrected chi connectivity index (χ3v) is 8.18. The van der Waals surface area contributed by atoms with Crippen LogP contribution in [0, 0.1) is 11.7 Å². The summed E-state index contributed by atoms with van der Waals surface area (Å²) in [6.07, 6.45) is 5.75. The van der Waals surface area contributed by atoms with Crippen LogP contribution in [0.25, 0.3) is 0 Å². The minimum atomic E-state index is -3.67. The Balaban J connectivity index is 1.50. The van der Waals surface area contributed by atoms with Gasteiger partial charge in [0.1, 0.15) is 28.4 Å². The minimum absolute atomic E-state index is 0.160. The van der Waals surface area contributed by atoms with E-state index in [-0.39, 0.29) is 18.2 Å². The van der Waals surface area contributed by atoms with Crippen molar-refractivity contribution in [1.29, 1.82) is 0 Å². The van der Waals surface area contributed by atoms with E-state index in [9.17, 15) is 17.6 Å². The Bertz CT molecular complexity index is 938. The molecular weight excluding hydrogens is 427 g/mol. The third-order valence-electron chi connectivity index (χ3n) is 5.32. The Kier molecular flexibility index (Phi) is 7.82. The predicted molar refractivity (Wildman–Crippen MR) is 115 cm³/mol. The minimum Gasteiger partial charge on any atom is -0.486 e. The average Bonchev–Trinajstić information content (AvgIpc) is 3.18. The number of ether oxygens (including phenoxy) is 1. The van der Waals surface area contributed by atoms with Crippen LogP contribution < -0.4 is 10.1 Å². The number of nitrogens with one attached hydrogen (secondary N) is 1. The number of thiazole rings is 1. The van der Waals surface area contributed by atoms with Crippen LogP contribution in [0.15, 0.2) is 29.6 Å². The Labute approximate surface area is 180 Å². The van der Waals surface area contributed by atoms with Gasteiger partial charge in [-0.2, -0.15) is 0 Å². The van der Waals surface area contributed by atoms with Crippen molar-refractivity contribution in [2.45, 2.75) is 56.6 Å². The van der Waals surface area contributed by atoms with Gasteiger partial charge in [0, 0.05) is 11.9 Å². The normalized spacial score (nSPS) is 16.2. The molecule has 1 aliphatic rings. The van der Waals surface area contributed by atoms with Gasteiger partial charge >= 0.3 is 0 Å². The van der Waals surface area contributed by atoms with E-state index in [1.54, 1.807) is 5.38 Å². The molecule has 0 spiro atoms. The summed E-state index contributed by atoms with van der Waals surface area (Å²) in [5, 5.41) is 3.96. The van der Waals surface area contributed by atoms with Crippen LogP contribution in [0.4, 0.5) is 4.39 Å².